The molecule has 5 nitrogen and oxygen atoms in total. The zero-order valence-corrected chi connectivity index (χ0v) is 16.0. The van der Waals surface area contributed by atoms with Gasteiger partial charge in [-0.15, -0.1) is 0 Å². The van der Waals surface area contributed by atoms with Crippen molar-refractivity contribution in [1.29, 1.82) is 0 Å². The molecule has 0 unspecified atom stereocenters. The minimum absolute atomic E-state index is 0.247. The van der Waals surface area contributed by atoms with Gasteiger partial charge in [-0.1, -0.05) is 41.6 Å². The first-order chi connectivity index (χ1) is 13.0. The van der Waals surface area contributed by atoms with Crippen molar-refractivity contribution >= 4 is 40.2 Å². The Morgan fingerprint density at radius 1 is 1.11 bits per heavy atom. The van der Waals surface area contributed by atoms with Crippen molar-refractivity contribution in [2.75, 3.05) is 0 Å². The summed E-state index contributed by atoms with van der Waals surface area (Å²) in [6.07, 6.45) is 1.98. The maximum Gasteiger partial charge on any atom is 0.267 e. The van der Waals surface area contributed by atoms with E-state index in [0.717, 1.165) is 26.4 Å². The Morgan fingerprint density at radius 3 is 2.59 bits per heavy atom. The summed E-state index contributed by atoms with van der Waals surface area (Å²) in [5.74, 6) is -0.542. The molecule has 2 aromatic carbocycles. The molecular weight excluding hydrogens is 379 g/mol. The standard InChI is InChI=1S/C20H15ClN4OS/c1-25-11-18(27-15-7-5-14(21)6-8-15)19(24-25)13-3-2-12-4-9-16(20(22)26)23-17(12)10-13/h2-11H,1H3,(H2,22,26)/i1-1. The summed E-state index contributed by atoms with van der Waals surface area (Å²) in [4.78, 5) is 17.9. The average molecular weight is 394 g/mol. The minimum atomic E-state index is -0.542. The molecule has 0 saturated heterocycles. The highest BCUT2D eigenvalue weighted by atomic mass is 35.5. The first-order valence-electron chi connectivity index (χ1n) is 8.18. The molecule has 7 heteroatoms. The SMILES string of the molecule is [11CH3]n1cc(Sc2ccc(Cl)cc2)c(-c2ccc3ccc(C(N)=O)nc3c2)n1. The van der Waals surface area contributed by atoms with Gasteiger partial charge in [0.05, 0.1) is 10.4 Å². The Kier molecular flexibility index (Phi) is 4.59. The number of nitrogens with two attached hydrogens (primary N) is 1. The molecule has 0 saturated carbocycles. The van der Waals surface area contributed by atoms with E-state index in [1.165, 1.54) is 0 Å². The zero-order chi connectivity index (χ0) is 19.0. The highest BCUT2D eigenvalue weighted by molar-refractivity contribution is 7.99. The molecule has 0 radical (unpaired) electrons. The van der Waals surface area contributed by atoms with Gasteiger partial charge in [0.1, 0.15) is 11.4 Å². The summed E-state index contributed by atoms with van der Waals surface area (Å²) in [5.41, 5.74) is 8.08. The van der Waals surface area contributed by atoms with Crippen molar-refractivity contribution in [1.82, 2.24) is 14.8 Å². The van der Waals surface area contributed by atoms with E-state index in [1.54, 1.807) is 22.5 Å². The van der Waals surface area contributed by atoms with E-state index < -0.39 is 5.91 Å². The third-order valence-corrected chi connectivity index (χ3v) is 5.33. The van der Waals surface area contributed by atoms with Crippen LogP contribution in [0.3, 0.4) is 0 Å². The van der Waals surface area contributed by atoms with Crippen LogP contribution in [-0.2, 0) is 7.05 Å². The number of carbonyl (C=O) groups excluding carboxylic acids is 1. The second kappa shape index (κ2) is 7.06. The number of carbonyl (C=O) groups is 1. The van der Waals surface area contributed by atoms with Gasteiger partial charge in [0.15, 0.2) is 0 Å². The highest BCUT2D eigenvalue weighted by Crippen LogP contribution is 2.36. The number of primary amides is 1. The maximum absolute atomic E-state index is 11.4. The Balaban J connectivity index is 1.76. The number of benzene rings is 2. The molecule has 27 heavy (non-hydrogen) atoms. The van der Waals surface area contributed by atoms with Crippen molar-refractivity contribution in [3.8, 4) is 11.3 Å². The minimum Gasteiger partial charge on any atom is -0.364 e. The largest absolute Gasteiger partial charge is 0.364 e. The van der Waals surface area contributed by atoms with Gasteiger partial charge in [-0.25, -0.2) is 4.98 Å². The monoisotopic (exact) mass is 393 g/mol. The van der Waals surface area contributed by atoms with E-state index in [0.29, 0.717) is 10.5 Å². The lowest BCUT2D eigenvalue weighted by Gasteiger charge is -2.05. The van der Waals surface area contributed by atoms with Crippen LogP contribution in [0.15, 0.2) is 70.6 Å². The maximum atomic E-state index is 11.4. The van der Waals surface area contributed by atoms with E-state index in [2.05, 4.69) is 10.1 Å². The van der Waals surface area contributed by atoms with E-state index in [1.807, 2.05) is 61.8 Å². The average Bonchev–Trinajstić information content (AvgIpc) is 3.03. The summed E-state index contributed by atoms with van der Waals surface area (Å²) in [5, 5.41) is 6.25. The normalized spacial score (nSPS) is 11.0. The number of nitrogens with zero attached hydrogens (tertiary/aromatic N) is 3. The number of aryl methyl sites for hydroxylation is 1. The molecule has 4 rings (SSSR count). The van der Waals surface area contributed by atoms with E-state index in [4.69, 9.17) is 17.3 Å². The number of aromatic nitrogens is 3. The molecule has 0 bridgehead atoms. The van der Waals surface area contributed by atoms with Crippen molar-refractivity contribution in [3.05, 3.63) is 71.5 Å². The molecule has 0 aliphatic rings. The van der Waals surface area contributed by atoms with Crippen molar-refractivity contribution in [3.63, 3.8) is 0 Å². The van der Waals surface area contributed by atoms with Crippen LogP contribution in [0.2, 0.25) is 5.02 Å². The van der Waals surface area contributed by atoms with Crippen LogP contribution in [0.25, 0.3) is 22.2 Å². The smallest absolute Gasteiger partial charge is 0.267 e. The van der Waals surface area contributed by atoms with Gasteiger partial charge < -0.3 is 5.73 Å². The third kappa shape index (κ3) is 3.67. The second-order valence-corrected chi connectivity index (χ2v) is 7.59. The lowest BCUT2D eigenvalue weighted by molar-refractivity contribution is 0.0996. The summed E-state index contributed by atoms with van der Waals surface area (Å²) in [6.45, 7) is 0. The van der Waals surface area contributed by atoms with Crippen LogP contribution < -0.4 is 5.73 Å². The fourth-order valence-electron chi connectivity index (χ4n) is 2.77. The van der Waals surface area contributed by atoms with Crippen LogP contribution in [0.1, 0.15) is 10.5 Å². The Morgan fingerprint density at radius 2 is 1.85 bits per heavy atom. The predicted octanol–water partition coefficient (Wildman–Crippen LogP) is 4.54. The van der Waals surface area contributed by atoms with Crippen LogP contribution in [0.4, 0.5) is 0 Å². The topological polar surface area (TPSA) is 73.8 Å². The number of pyridine rings is 1. The van der Waals surface area contributed by atoms with Gasteiger partial charge in [-0.3, -0.25) is 9.48 Å². The number of rotatable bonds is 4. The van der Waals surface area contributed by atoms with Crippen LogP contribution in [0, 0.1) is 0 Å². The summed E-state index contributed by atoms with van der Waals surface area (Å²) < 4.78 is 1.78. The zero-order valence-electron chi connectivity index (χ0n) is 14.4. The molecular formula is C20H15ClN4OS. The lowest BCUT2D eigenvalue weighted by atomic mass is 10.1. The molecule has 1 amide bonds. The first-order valence-corrected chi connectivity index (χ1v) is 9.37. The number of hydrogen-bond donors (Lipinski definition) is 1. The highest BCUT2D eigenvalue weighted by Gasteiger charge is 2.13. The lowest BCUT2D eigenvalue weighted by Crippen LogP contribution is -2.12. The van der Waals surface area contributed by atoms with Gasteiger partial charge in [-0.05, 0) is 36.4 Å². The molecule has 4 aromatic rings. The molecule has 2 N–H and O–H groups in total. The quantitative estimate of drug-likeness (QED) is 0.552. The summed E-state index contributed by atoms with van der Waals surface area (Å²) >= 11 is 7.59. The number of amides is 1. The van der Waals surface area contributed by atoms with E-state index in [9.17, 15) is 4.79 Å². The predicted molar refractivity (Wildman–Crippen MR) is 108 cm³/mol. The number of fused-ring (bicyclic) bond motifs is 1. The van der Waals surface area contributed by atoms with Gasteiger partial charge in [0.25, 0.3) is 5.91 Å². The Hall–Kier alpha value is -2.83. The second-order valence-electron chi connectivity index (χ2n) is 6.04. The molecule has 0 atom stereocenters. The van der Waals surface area contributed by atoms with Crippen molar-refractivity contribution in [2.24, 2.45) is 12.8 Å². The van der Waals surface area contributed by atoms with Gasteiger partial charge in [0, 0.05) is 34.1 Å². The fraction of sp³-hybridized carbons (Fsp3) is 0.0500. The van der Waals surface area contributed by atoms with Crippen molar-refractivity contribution < 1.29 is 4.79 Å². The van der Waals surface area contributed by atoms with E-state index in [-0.39, 0.29) is 5.69 Å². The van der Waals surface area contributed by atoms with Gasteiger partial charge in [-0.2, -0.15) is 5.10 Å². The third-order valence-electron chi connectivity index (χ3n) is 4.05. The molecule has 0 aliphatic carbocycles. The van der Waals surface area contributed by atoms with Crippen LogP contribution >= 0.6 is 23.4 Å². The van der Waals surface area contributed by atoms with Crippen molar-refractivity contribution in [2.45, 2.75) is 9.79 Å². The van der Waals surface area contributed by atoms with Crippen LogP contribution in [0.5, 0.6) is 0 Å². The first kappa shape index (κ1) is 17.6. The molecule has 2 heterocycles. The Labute approximate surface area is 165 Å². The summed E-state index contributed by atoms with van der Waals surface area (Å²) in [7, 11) is 1.89. The fourth-order valence-corrected chi connectivity index (χ4v) is 3.89. The number of halogens is 1. The van der Waals surface area contributed by atoms with Crippen LogP contribution in [-0.4, -0.2) is 20.7 Å². The van der Waals surface area contributed by atoms with Gasteiger partial charge >= 0.3 is 0 Å². The molecule has 134 valence electrons. The Bertz CT molecular complexity index is 1150. The summed E-state index contributed by atoms with van der Waals surface area (Å²) in [6, 6.07) is 17.1. The molecule has 2 aromatic heterocycles. The molecule has 0 aliphatic heterocycles. The number of hydrogen-bond acceptors (Lipinski definition) is 4. The molecule has 0 spiro atoms. The molecule has 0 fully saturated rings. The van der Waals surface area contributed by atoms with Gasteiger partial charge in [0.2, 0.25) is 0 Å². The van der Waals surface area contributed by atoms with E-state index >= 15 is 0 Å².